The highest BCUT2D eigenvalue weighted by molar-refractivity contribution is 8.13. The number of hydrogen-bond acceptors (Lipinski definition) is 3. The first-order valence-electron chi connectivity index (χ1n) is 3.06. The Hall–Kier alpha value is -0.290. The molecule has 0 aliphatic heterocycles. The average Bonchev–Trinajstić information content (AvgIpc) is 1.78. The number of rotatable bonds is 5. The summed E-state index contributed by atoms with van der Waals surface area (Å²) in [5.41, 5.74) is 0. The number of carboxylic acids is 1. The molecule has 0 aromatic rings. The number of halogens is 1. The maximum atomic E-state index is 10.3. The molecule has 4 nitrogen and oxygen atoms in total. The Morgan fingerprint density at radius 3 is 2.27 bits per heavy atom. The minimum Gasteiger partial charge on any atom is -0.481 e. The maximum Gasteiger partial charge on any atom is 0.303 e. The highest BCUT2D eigenvalue weighted by atomic mass is 35.7. The van der Waals surface area contributed by atoms with Crippen LogP contribution in [0.3, 0.4) is 0 Å². The first-order chi connectivity index (χ1) is 4.92. The normalized spacial score (nSPS) is 11.4. The van der Waals surface area contributed by atoms with E-state index in [9.17, 15) is 13.2 Å². The Balaban J connectivity index is 3.37. The predicted molar refractivity (Wildman–Crippen MR) is 41.1 cm³/mol. The first-order valence-corrected chi connectivity index (χ1v) is 5.54. The van der Waals surface area contributed by atoms with Crippen molar-refractivity contribution in [1.29, 1.82) is 0 Å². The Morgan fingerprint density at radius 1 is 1.36 bits per heavy atom. The van der Waals surface area contributed by atoms with Crippen molar-refractivity contribution >= 4 is 25.7 Å². The molecule has 0 radical (unpaired) electrons. The molecule has 6 heteroatoms. The highest BCUT2D eigenvalue weighted by Gasteiger charge is 2.04. The molecule has 11 heavy (non-hydrogen) atoms. The van der Waals surface area contributed by atoms with Crippen molar-refractivity contribution in [1.82, 2.24) is 0 Å². The minimum atomic E-state index is -3.44. The van der Waals surface area contributed by atoms with Crippen LogP contribution in [-0.2, 0) is 13.8 Å². The van der Waals surface area contributed by atoms with Gasteiger partial charge in [-0.05, 0) is 12.8 Å². The van der Waals surface area contributed by atoms with Gasteiger partial charge in [0, 0.05) is 17.1 Å². The smallest absolute Gasteiger partial charge is 0.303 e. The van der Waals surface area contributed by atoms with Gasteiger partial charge in [0.15, 0.2) is 0 Å². The van der Waals surface area contributed by atoms with E-state index in [-0.39, 0.29) is 12.2 Å². The molecule has 66 valence electrons. The Kier molecular flexibility index (Phi) is 4.44. The minimum absolute atomic E-state index is 0.00753. The van der Waals surface area contributed by atoms with E-state index in [1.165, 1.54) is 0 Å². The van der Waals surface area contributed by atoms with Gasteiger partial charge in [-0.1, -0.05) is 0 Å². The number of hydrogen-bond donors (Lipinski definition) is 1. The standard InChI is InChI=1S/C5H9ClO4S/c6-11(9,10)4-2-1-3-5(7)8/h1-4H2,(H,7,8). The molecule has 0 amide bonds. The molecule has 0 unspecified atom stereocenters. The summed E-state index contributed by atoms with van der Waals surface area (Å²) in [4.78, 5) is 9.94. The van der Waals surface area contributed by atoms with Crippen LogP contribution in [0.2, 0.25) is 0 Å². The van der Waals surface area contributed by atoms with Crippen LogP contribution in [-0.4, -0.2) is 25.2 Å². The topological polar surface area (TPSA) is 71.4 Å². The van der Waals surface area contributed by atoms with E-state index in [0.29, 0.717) is 12.8 Å². The molecule has 0 bridgehead atoms. The van der Waals surface area contributed by atoms with Crippen molar-refractivity contribution in [3.05, 3.63) is 0 Å². The molecule has 0 saturated heterocycles. The summed E-state index contributed by atoms with van der Waals surface area (Å²) in [6, 6.07) is 0. The van der Waals surface area contributed by atoms with E-state index in [1.807, 2.05) is 0 Å². The summed E-state index contributed by atoms with van der Waals surface area (Å²) in [6.45, 7) is 0. The lowest BCUT2D eigenvalue weighted by Gasteiger charge is -1.93. The molecular weight excluding hydrogens is 192 g/mol. The monoisotopic (exact) mass is 200 g/mol. The molecule has 0 saturated carbocycles. The second-order valence-electron chi connectivity index (χ2n) is 2.09. The van der Waals surface area contributed by atoms with Crippen molar-refractivity contribution in [2.45, 2.75) is 19.3 Å². The van der Waals surface area contributed by atoms with Crippen LogP contribution in [0, 0.1) is 0 Å². The van der Waals surface area contributed by atoms with Crippen LogP contribution >= 0.6 is 10.7 Å². The molecule has 0 atom stereocenters. The maximum absolute atomic E-state index is 10.3. The molecule has 0 rings (SSSR count). The van der Waals surface area contributed by atoms with E-state index in [1.54, 1.807) is 0 Å². The van der Waals surface area contributed by atoms with E-state index < -0.39 is 15.0 Å². The highest BCUT2D eigenvalue weighted by Crippen LogP contribution is 2.03. The predicted octanol–water partition coefficient (Wildman–Crippen LogP) is 0.810. The molecule has 0 spiro atoms. The van der Waals surface area contributed by atoms with Gasteiger partial charge in [0.1, 0.15) is 0 Å². The largest absolute Gasteiger partial charge is 0.481 e. The van der Waals surface area contributed by atoms with Gasteiger partial charge in [-0.3, -0.25) is 4.79 Å². The van der Waals surface area contributed by atoms with Crippen molar-refractivity contribution in [3.63, 3.8) is 0 Å². The fourth-order valence-corrected chi connectivity index (χ4v) is 1.43. The fraction of sp³-hybridized carbons (Fsp3) is 0.800. The van der Waals surface area contributed by atoms with Crippen molar-refractivity contribution in [2.24, 2.45) is 0 Å². The van der Waals surface area contributed by atoms with Crippen LogP contribution in [0.25, 0.3) is 0 Å². The third-order valence-corrected chi connectivity index (χ3v) is 2.27. The molecule has 0 aromatic heterocycles. The van der Waals surface area contributed by atoms with E-state index in [2.05, 4.69) is 0 Å². The Labute approximate surface area is 69.6 Å². The zero-order valence-corrected chi connectivity index (χ0v) is 7.36. The Bertz CT molecular complexity index is 221. The number of carboxylic acid groups (broad SMARTS) is 1. The number of aliphatic carboxylic acids is 1. The van der Waals surface area contributed by atoms with Crippen molar-refractivity contribution < 1.29 is 18.3 Å². The summed E-state index contributed by atoms with van der Waals surface area (Å²) >= 11 is 0. The second-order valence-corrected chi connectivity index (χ2v) is 4.99. The van der Waals surface area contributed by atoms with Gasteiger partial charge in [0.25, 0.3) is 0 Å². The van der Waals surface area contributed by atoms with Gasteiger partial charge < -0.3 is 5.11 Å². The lowest BCUT2D eigenvalue weighted by Crippen LogP contribution is -1.99. The van der Waals surface area contributed by atoms with Crippen LogP contribution in [0.15, 0.2) is 0 Å². The summed E-state index contributed by atoms with van der Waals surface area (Å²) < 4.78 is 20.6. The first kappa shape index (κ1) is 10.7. The molecule has 0 aliphatic rings. The average molecular weight is 201 g/mol. The fourth-order valence-electron chi connectivity index (χ4n) is 0.551. The zero-order chi connectivity index (χ0) is 8.91. The molecule has 0 fully saturated rings. The third-order valence-electron chi connectivity index (χ3n) is 1.03. The third kappa shape index (κ3) is 9.71. The van der Waals surface area contributed by atoms with Crippen LogP contribution in [0.1, 0.15) is 19.3 Å². The lowest BCUT2D eigenvalue weighted by atomic mass is 10.3. The molecular formula is C5H9ClO4S. The summed E-state index contributed by atoms with van der Waals surface area (Å²) in [5, 5.41) is 8.16. The van der Waals surface area contributed by atoms with Crippen molar-refractivity contribution in [3.8, 4) is 0 Å². The van der Waals surface area contributed by atoms with Gasteiger partial charge in [0.2, 0.25) is 9.05 Å². The van der Waals surface area contributed by atoms with Gasteiger partial charge >= 0.3 is 5.97 Å². The molecule has 0 heterocycles. The van der Waals surface area contributed by atoms with Crippen LogP contribution in [0.5, 0.6) is 0 Å². The SMILES string of the molecule is O=C(O)CCCCS(=O)(=O)Cl. The second kappa shape index (κ2) is 4.56. The molecule has 0 aliphatic carbocycles. The summed E-state index contributed by atoms with van der Waals surface area (Å²) in [5.74, 6) is -1.07. The number of unbranched alkanes of at least 4 members (excludes halogenated alkanes) is 1. The van der Waals surface area contributed by atoms with E-state index >= 15 is 0 Å². The van der Waals surface area contributed by atoms with E-state index in [4.69, 9.17) is 15.8 Å². The van der Waals surface area contributed by atoms with Crippen molar-refractivity contribution in [2.75, 3.05) is 5.75 Å². The molecule has 0 aromatic carbocycles. The molecule has 1 N–H and O–H groups in total. The summed E-state index contributed by atoms with van der Waals surface area (Å²) in [6.07, 6.45) is 0.645. The van der Waals surface area contributed by atoms with Crippen LogP contribution < -0.4 is 0 Å². The van der Waals surface area contributed by atoms with Gasteiger partial charge in [-0.25, -0.2) is 8.42 Å². The van der Waals surface area contributed by atoms with E-state index in [0.717, 1.165) is 0 Å². The quantitative estimate of drug-likeness (QED) is 0.527. The van der Waals surface area contributed by atoms with Gasteiger partial charge in [0.05, 0.1) is 5.75 Å². The lowest BCUT2D eigenvalue weighted by molar-refractivity contribution is -0.137. The van der Waals surface area contributed by atoms with Crippen LogP contribution in [0.4, 0.5) is 0 Å². The van der Waals surface area contributed by atoms with Gasteiger partial charge in [-0.15, -0.1) is 0 Å². The number of carbonyl (C=O) groups is 1. The Morgan fingerprint density at radius 2 is 1.91 bits per heavy atom. The summed E-state index contributed by atoms with van der Waals surface area (Å²) in [7, 11) is 1.43. The zero-order valence-electron chi connectivity index (χ0n) is 5.79. The van der Waals surface area contributed by atoms with Gasteiger partial charge in [-0.2, -0.15) is 0 Å².